The fourth-order valence-electron chi connectivity index (χ4n) is 2.33. The number of rotatable bonds is 5. The summed E-state index contributed by atoms with van der Waals surface area (Å²) in [6.45, 7) is 5.23. The summed E-state index contributed by atoms with van der Waals surface area (Å²) in [7, 11) is 0. The summed E-state index contributed by atoms with van der Waals surface area (Å²) in [5, 5.41) is 3.69. The Kier molecular flexibility index (Phi) is 4.57. The summed E-state index contributed by atoms with van der Waals surface area (Å²) in [6, 6.07) is 10.7. The molecule has 2 rings (SSSR count). The van der Waals surface area contributed by atoms with Gasteiger partial charge in [-0.05, 0) is 44.7 Å². The molecule has 0 bridgehead atoms. The maximum absolute atomic E-state index is 5.40. The van der Waals surface area contributed by atoms with E-state index in [1.54, 1.807) is 0 Å². The Balaban J connectivity index is 1.66. The standard InChI is InChI=1S/C15H23NO/c1-15(9-12-17-13-10-15)16-11-5-8-14-6-3-2-4-7-14/h2-4,6-7,16H,5,8-13H2,1H3. The Morgan fingerprint density at radius 1 is 1.18 bits per heavy atom. The first kappa shape index (κ1) is 12.6. The van der Waals surface area contributed by atoms with Gasteiger partial charge < -0.3 is 10.1 Å². The topological polar surface area (TPSA) is 21.3 Å². The Morgan fingerprint density at radius 2 is 1.88 bits per heavy atom. The van der Waals surface area contributed by atoms with Crippen LogP contribution in [0.1, 0.15) is 31.7 Å². The fourth-order valence-corrected chi connectivity index (χ4v) is 2.33. The lowest BCUT2D eigenvalue weighted by Gasteiger charge is -2.34. The molecular weight excluding hydrogens is 210 g/mol. The Morgan fingerprint density at radius 3 is 2.59 bits per heavy atom. The van der Waals surface area contributed by atoms with Gasteiger partial charge in [0.25, 0.3) is 0 Å². The van der Waals surface area contributed by atoms with E-state index in [2.05, 4.69) is 42.6 Å². The monoisotopic (exact) mass is 233 g/mol. The summed E-state index contributed by atoms with van der Waals surface area (Å²) < 4.78 is 5.40. The molecule has 0 unspecified atom stereocenters. The molecule has 94 valence electrons. The van der Waals surface area contributed by atoms with Crippen LogP contribution in [0, 0.1) is 0 Å². The second kappa shape index (κ2) is 6.18. The van der Waals surface area contributed by atoms with Crippen molar-refractivity contribution in [2.75, 3.05) is 19.8 Å². The third kappa shape index (κ3) is 4.14. The van der Waals surface area contributed by atoms with Gasteiger partial charge in [0, 0.05) is 18.8 Å². The molecule has 1 aromatic carbocycles. The molecule has 2 heteroatoms. The van der Waals surface area contributed by atoms with Gasteiger partial charge in [0.2, 0.25) is 0 Å². The van der Waals surface area contributed by atoms with Crippen LogP contribution in [0.15, 0.2) is 30.3 Å². The first-order valence-corrected chi connectivity index (χ1v) is 6.65. The molecule has 0 spiro atoms. The molecule has 1 heterocycles. The molecule has 1 saturated heterocycles. The van der Waals surface area contributed by atoms with E-state index < -0.39 is 0 Å². The molecule has 0 radical (unpaired) electrons. The van der Waals surface area contributed by atoms with Crippen molar-refractivity contribution in [2.24, 2.45) is 0 Å². The lowest BCUT2D eigenvalue weighted by atomic mass is 9.92. The largest absolute Gasteiger partial charge is 0.381 e. The first-order chi connectivity index (χ1) is 8.29. The number of aryl methyl sites for hydroxylation is 1. The van der Waals surface area contributed by atoms with Crippen molar-refractivity contribution in [1.29, 1.82) is 0 Å². The van der Waals surface area contributed by atoms with E-state index in [0.717, 1.165) is 32.6 Å². The predicted molar refractivity (Wildman–Crippen MR) is 71.2 cm³/mol. The average Bonchev–Trinajstić information content (AvgIpc) is 2.37. The molecule has 17 heavy (non-hydrogen) atoms. The van der Waals surface area contributed by atoms with Gasteiger partial charge in [-0.1, -0.05) is 30.3 Å². The van der Waals surface area contributed by atoms with Gasteiger partial charge in [-0.2, -0.15) is 0 Å². The Bertz CT molecular complexity index is 317. The fraction of sp³-hybridized carbons (Fsp3) is 0.600. The maximum atomic E-state index is 5.40. The van der Waals surface area contributed by atoms with Crippen molar-refractivity contribution in [3.05, 3.63) is 35.9 Å². The SMILES string of the molecule is CC1(NCCCc2ccccc2)CCOCC1. The molecule has 1 aliphatic heterocycles. The Hall–Kier alpha value is -0.860. The molecule has 1 aliphatic rings. The van der Waals surface area contributed by atoms with E-state index in [4.69, 9.17) is 4.74 Å². The van der Waals surface area contributed by atoms with Crippen molar-refractivity contribution >= 4 is 0 Å². The Labute approximate surface area is 104 Å². The van der Waals surface area contributed by atoms with Gasteiger partial charge in [-0.3, -0.25) is 0 Å². The summed E-state index contributed by atoms with van der Waals surface area (Å²) >= 11 is 0. The van der Waals surface area contributed by atoms with E-state index in [1.807, 2.05) is 0 Å². The van der Waals surface area contributed by atoms with Crippen LogP contribution in [-0.2, 0) is 11.2 Å². The van der Waals surface area contributed by atoms with Gasteiger partial charge in [-0.25, -0.2) is 0 Å². The highest BCUT2D eigenvalue weighted by molar-refractivity contribution is 5.14. The third-order valence-corrected chi connectivity index (χ3v) is 3.63. The van der Waals surface area contributed by atoms with Crippen molar-refractivity contribution in [2.45, 2.75) is 38.1 Å². The van der Waals surface area contributed by atoms with E-state index in [-0.39, 0.29) is 0 Å². The second-order valence-corrected chi connectivity index (χ2v) is 5.19. The second-order valence-electron chi connectivity index (χ2n) is 5.19. The molecule has 1 N–H and O–H groups in total. The molecule has 0 aliphatic carbocycles. The average molecular weight is 233 g/mol. The number of benzene rings is 1. The van der Waals surface area contributed by atoms with Gasteiger partial charge >= 0.3 is 0 Å². The van der Waals surface area contributed by atoms with Crippen molar-refractivity contribution in [3.8, 4) is 0 Å². The molecule has 1 aromatic rings. The first-order valence-electron chi connectivity index (χ1n) is 6.65. The minimum atomic E-state index is 0.301. The van der Waals surface area contributed by atoms with Crippen LogP contribution in [0.3, 0.4) is 0 Å². The smallest absolute Gasteiger partial charge is 0.0483 e. The van der Waals surface area contributed by atoms with Crippen LogP contribution >= 0.6 is 0 Å². The highest BCUT2D eigenvalue weighted by atomic mass is 16.5. The molecule has 0 atom stereocenters. The predicted octanol–water partition coefficient (Wildman–Crippen LogP) is 2.78. The minimum absolute atomic E-state index is 0.301. The highest BCUT2D eigenvalue weighted by Gasteiger charge is 2.25. The molecule has 1 fully saturated rings. The van der Waals surface area contributed by atoms with E-state index >= 15 is 0 Å². The molecular formula is C15H23NO. The van der Waals surface area contributed by atoms with Crippen LogP contribution in [0.25, 0.3) is 0 Å². The van der Waals surface area contributed by atoms with Gasteiger partial charge in [0.1, 0.15) is 0 Å². The van der Waals surface area contributed by atoms with Crippen molar-refractivity contribution in [3.63, 3.8) is 0 Å². The number of hydrogen-bond acceptors (Lipinski definition) is 2. The molecule has 0 aromatic heterocycles. The van der Waals surface area contributed by atoms with E-state index in [1.165, 1.54) is 18.4 Å². The summed E-state index contributed by atoms with van der Waals surface area (Å²) in [4.78, 5) is 0. The highest BCUT2D eigenvalue weighted by Crippen LogP contribution is 2.19. The molecule has 0 amide bonds. The van der Waals surface area contributed by atoms with Crippen LogP contribution in [0.5, 0.6) is 0 Å². The summed E-state index contributed by atoms with van der Waals surface area (Å²) in [5.41, 5.74) is 1.74. The lowest BCUT2D eigenvalue weighted by Crippen LogP contribution is -2.47. The van der Waals surface area contributed by atoms with Gasteiger partial charge in [0.05, 0.1) is 0 Å². The maximum Gasteiger partial charge on any atom is 0.0483 e. The van der Waals surface area contributed by atoms with Crippen LogP contribution < -0.4 is 5.32 Å². The lowest BCUT2D eigenvalue weighted by molar-refractivity contribution is 0.0454. The van der Waals surface area contributed by atoms with Crippen molar-refractivity contribution < 1.29 is 4.74 Å². The van der Waals surface area contributed by atoms with E-state index in [9.17, 15) is 0 Å². The zero-order valence-corrected chi connectivity index (χ0v) is 10.7. The van der Waals surface area contributed by atoms with Crippen LogP contribution in [-0.4, -0.2) is 25.3 Å². The van der Waals surface area contributed by atoms with Gasteiger partial charge in [0.15, 0.2) is 0 Å². The zero-order valence-electron chi connectivity index (χ0n) is 10.7. The normalized spacial score (nSPS) is 19.1. The number of nitrogens with one attached hydrogen (secondary N) is 1. The zero-order chi connectivity index (χ0) is 12.0. The van der Waals surface area contributed by atoms with Gasteiger partial charge in [-0.15, -0.1) is 0 Å². The number of ether oxygens (including phenoxy) is 1. The molecule has 2 nitrogen and oxygen atoms in total. The minimum Gasteiger partial charge on any atom is -0.381 e. The summed E-state index contributed by atoms with van der Waals surface area (Å²) in [6.07, 6.45) is 4.65. The van der Waals surface area contributed by atoms with E-state index in [0.29, 0.717) is 5.54 Å². The third-order valence-electron chi connectivity index (χ3n) is 3.63. The quantitative estimate of drug-likeness (QED) is 0.790. The van der Waals surface area contributed by atoms with Crippen molar-refractivity contribution in [1.82, 2.24) is 5.32 Å². The number of hydrogen-bond donors (Lipinski definition) is 1. The van der Waals surface area contributed by atoms with Crippen LogP contribution in [0.2, 0.25) is 0 Å². The summed E-state index contributed by atoms with van der Waals surface area (Å²) in [5.74, 6) is 0. The van der Waals surface area contributed by atoms with Crippen LogP contribution in [0.4, 0.5) is 0 Å². The molecule has 0 saturated carbocycles.